The van der Waals surface area contributed by atoms with Gasteiger partial charge in [-0.05, 0) is 37.6 Å². The summed E-state index contributed by atoms with van der Waals surface area (Å²) in [4.78, 5) is 14.1. The van der Waals surface area contributed by atoms with Gasteiger partial charge in [-0.25, -0.2) is 0 Å². The fraction of sp³-hybridized carbons (Fsp3) is 0.562. The Morgan fingerprint density at radius 3 is 2.54 bits per heavy atom. The van der Waals surface area contributed by atoms with Crippen molar-refractivity contribution < 1.29 is 27.4 Å². The molecule has 0 aliphatic carbocycles. The Morgan fingerprint density at radius 2 is 2.00 bits per heavy atom. The van der Waals surface area contributed by atoms with Crippen LogP contribution in [0.15, 0.2) is 24.3 Å². The first-order valence-electron chi connectivity index (χ1n) is 7.64. The van der Waals surface area contributed by atoms with Gasteiger partial charge in [0.05, 0.1) is 12.1 Å². The minimum Gasteiger partial charge on any atom is -0.406 e. The molecule has 1 fully saturated rings. The molecule has 5 nitrogen and oxygen atoms in total. The number of amides is 1. The van der Waals surface area contributed by atoms with Gasteiger partial charge in [-0.1, -0.05) is 12.1 Å². The van der Waals surface area contributed by atoms with Gasteiger partial charge < -0.3 is 14.8 Å². The van der Waals surface area contributed by atoms with Crippen LogP contribution >= 0.6 is 0 Å². The zero-order valence-corrected chi connectivity index (χ0v) is 13.6. The minimum absolute atomic E-state index is 0.0610. The molecule has 0 bridgehead atoms. The number of methoxy groups -OCH3 is 1. The van der Waals surface area contributed by atoms with E-state index in [1.165, 1.54) is 12.1 Å². The number of carbonyl (C=O) groups excluding carboxylic acids is 1. The SMILES string of the molecule is CO[C@H]1C[C@@H](C(=O)NCCc2ccc(OC(F)(F)F)cc2)N(C)C1. The average molecular weight is 346 g/mol. The normalized spacial score (nSPS) is 21.7. The molecule has 1 aromatic carbocycles. The topological polar surface area (TPSA) is 50.8 Å². The van der Waals surface area contributed by atoms with Crippen molar-refractivity contribution in [2.45, 2.75) is 31.3 Å². The lowest BCUT2D eigenvalue weighted by molar-refractivity contribution is -0.274. The van der Waals surface area contributed by atoms with Crippen molar-refractivity contribution in [1.82, 2.24) is 10.2 Å². The Bertz CT molecular complexity index is 548. The van der Waals surface area contributed by atoms with E-state index in [1.54, 1.807) is 19.2 Å². The molecule has 0 unspecified atom stereocenters. The minimum atomic E-state index is -4.69. The molecule has 8 heteroatoms. The van der Waals surface area contributed by atoms with E-state index in [9.17, 15) is 18.0 Å². The zero-order valence-electron chi connectivity index (χ0n) is 13.6. The van der Waals surface area contributed by atoms with E-state index < -0.39 is 6.36 Å². The predicted molar refractivity (Wildman–Crippen MR) is 81.7 cm³/mol. The van der Waals surface area contributed by atoms with Gasteiger partial charge in [0.2, 0.25) is 5.91 Å². The molecule has 1 aromatic rings. The number of hydrogen-bond donors (Lipinski definition) is 1. The van der Waals surface area contributed by atoms with Gasteiger partial charge in [0.1, 0.15) is 5.75 Å². The van der Waals surface area contributed by atoms with Crippen molar-refractivity contribution >= 4 is 5.91 Å². The first kappa shape index (κ1) is 18.5. The number of halogens is 3. The van der Waals surface area contributed by atoms with Crippen LogP contribution in [0, 0.1) is 0 Å². The summed E-state index contributed by atoms with van der Waals surface area (Å²) in [6.07, 6.45) is -3.44. The number of ether oxygens (including phenoxy) is 2. The van der Waals surface area contributed by atoms with E-state index in [1.807, 2.05) is 11.9 Å². The maximum atomic E-state index is 12.2. The van der Waals surface area contributed by atoms with Crippen LogP contribution in [0.4, 0.5) is 13.2 Å². The summed E-state index contributed by atoms with van der Waals surface area (Å²) >= 11 is 0. The van der Waals surface area contributed by atoms with Gasteiger partial charge in [-0.2, -0.15) is 0 Å². The lowest BCUT2D eigenvalue weighted by atomic mass is 10.1. The van der Waals surface area contributed by atoms with Crippen LogP contribution < -0.4 is 10.1 Å². The first-order valence-corrected chi connectivity index (χ1v) is 7.64. The van der Waals surface area contributed by atoms with E-state index >= 15 is 0 Å². The van der Waals surface area contributed by atoms with E-state index in [-0.39, 0.29) is 23.8 Å². The van der Waals surface area contributed by atoms with Crippen molar-refractivity contribution in [3.8, 4) is 5.75 Å². The number of likely N-dealkylation sites (N-methyl/N-ethyl adjacent to an activating group) is 1. The summed E-state index contributed by atoms with van der Waals surface area (Å²) in [5.41, 5.74) is 0.819. The third-order valence-electron chi connectivity index (χ3n) is 4.02. The largest absolute Gasteiger partial charge is 0.573 e. The van der Waals surface area contributed by atoms with E-state index in [0.717, 1.165) is 12.1 Å². The number of nitrogens with zero attached hydrogens (tertiary/aromatic N) is 1. The number of likely N-dealkylation sites (tertiary alicyclic amines) is 1. The molecule has 0 spiro atoms. The van der Waals surface area contributed by atoms with Gasteiger partial charge in [-0.3, -0.25) is 9.69 Å². The van der Waals surface area contributed by atoms with Gasteiger partial charge >= 0.3 is 6.36 Å². The number of rotatable bonds is 6. The highest BCUT2D eigenvalue weighted by Crippen LogP contribution is 2.23. The molecule has 0 radical (unpaired) electrons. The fourth-order valence-electron chi connectivity index (χ4n) is 2.74. The molecule has 24 heavy (non-hydrogen) atoms. The molecule has 2 atom stereocenters. The predicted octanol–water partition coefficient (Wildman–Crippen LogP) is 1.96. The average Bonchev–Trinajstić information content (AvgIpc) is 2.88. The quantitative estimate of drug-likeness (QED) is 0.856. The van der Waals surface area contributed by atoms with Crippen molar-refractivity contribution in [3.05, 3.63) is 29.8 Å². The molecule has 1 aliphatic heterocycles. The van der Waals surface area contributed by atoms with Gasteiger partial charge in [0.15, 0.2) is 0 Å². The number of nitrogens with one attached hydrogen (secondary N) is 1. The summed E-state index contributed by atoms with van der Waals surface area (Å²) in [6.45, 7) is 1.13. The van der Waals surface area contributed by atoms with E-state index in [4.69, 9.17) is 4.74 Å². The van der Waals surface area contributed by atoms with Crippen LogP contribution in [-0.4, -0.2) is 56.6 Å². The molecule has 1 aliphatic rings. The second-order valence-electron chi connectivity index (χ2n) is 5.78. The van der Waals surface area contributed by atoms with Gasteiger partial charge in [0, 0.05) is 20.2 Å². The Hall–Kier alpha value is -1.80. The molecule has 134 valence electrons. The Kier molecular flexibility index (Phi) is 6.06. The Balaban J connectivity index is 1.77. The van der Waals surface area contributed by atoms with Gasteiger partial charge in [-0.15, -0.1) is 13.2 Å². The highest BCUT2D eigenvalue weighted by atomic mass is 19.4. The maximum absolute atomic E-state index is 12.2. The lowest BCUT2D eigenvalue weighted by Crippen LogP contribution is -2.42. The Labute approximate surface area is 138 Å². The smallest absolute Gasteiger partial charge is 0.406 e. The van der Waals surface area contributed by atoms with E-state index in [0.29, 0.717) is 19.4 Å². The van der Waals surface area contributed by atoms with Crippen molar-refractivity contribution in [1.29, 1.82) is 0 Å². The zero-order chi connectivity index (χ0) is 17.7. The number of carbonyl (C=O) groups is 1. The molecule has 1 amide bonds. The number of hydrogen-bond acceptors (Lipinski definition) is 4. The van der Waals surface area contributed by atoms with Crippen LogP contribution in [-0.2, 0) is 16.0 Å². The standard InChI is InChI=1S/C16H21F3N2O3/c1-21-10-13(23-2)9-14(21)15(22)20-8-7-11-3-5-12(6-4-11)24-16(17,18)19/h3-6,13-14H,7-10H2,1-2H3,(H,20,22)/t13-,14-/m0/s1. The van der Waals surface area contributed by atoms with Crippen LogP contribution in [0.1, 0.15) is 12.0 Å². The highest BCUT2D eigenvalue weighted by Gasteiger charge is 2.34. The summed E-state index contributed by atoms with van der Waals surface area (Å²) in [5.74, 6) is -0.317. The van der Waals surface area contributed by atoms with Crippen molar-refractivity contribution in [2.75, 3.05) is 27.2 Å². The highest BCUT2D eigenvalue weighted by molar-refractivity contribution is 5.82. The molecule has 1 saturated heterocycles. The number of benzene rings is 1. The second kappa shape index (κ2) is 7.85. The molecular weight excluding hydrogens is 325 g/mol. The molecule has 0 saturated carbocycles. The monoisotopic (exact) mass is 346 g/mol. The van der Waals surface area contributed by atoms with Crippen LogP contribution in [0.2, 0.25) is 0 Å². The van der Waals surface area contributed by atoms with Crippen LogP contribution in [0.25, 0.3) is 0 Å². The first-order chi connectivity index (χ1) is 11.3. The molecule has 1 N–H and O–H groups in total. The summed E-state index contributed by atoms with van der Waals surface area (Å²) in [7, 11) is 3.51. The second-order valence-corrected chi connectivity index (χ2v) is 5.78. The van der Waals surface area contributed by atoms with Gasteiger partial charge in [0.25, 0.3) is 0 Å². The van der Waals surface area contributed by atoms with Crippen molar-refractivity contribution in [2.24, 2.45) is 0 Å². The number of alkyl halides is 3. The lowest BCUT2D eigenvalue weighted by Gasteiger charge is -2.18. The molecule has 1 heterocycles. The Morgan fingerprint density at radius 1 is 1.33 bits per heavy atom. The van der Waals surface area contributed by atoms with Crippen LogP contribution in [0.5, 0.6) is 5.75 Å². The third-order valence-corrected chi connectivity index (χ3v) is 4.02. The van der Waals surface area contributed by atoms with Crippen LogP contribution in [0.3, 0.4) is 0 Å². The summed E-state index contributed by atoms with van der Waals surface area (Å²) in [6, 6.07) is 5.42. The summed E-state index contributed by atoms with van der Waals surface area (Å²) in [5, 5.41) is 2.85. The molecular formula is C16H21F3N2O3. The molecule has 0 aromatic heterocycles. The third kappa shape index (κ3) is 5.38. The van der Waals surface area contributed by atoms with E-state index in [2.05, 4.69) is 10.1 Å². The molecule has 2 rings (SSSR count). The summed E-state index contributed by atoms with van der Waals surface area (Å²) < 4.78 is 45.3. The maximum Gasteiger partial charge on any atom is 0.573 e. The van der Waals surface area contributed by atoms with Crippen molar-refractivity contribution in [3.63, 3.8) is 0 Å². The fourth-order valence-corrected chi connectivity index (χ4v) is 2.74.